The molecule has 0 unspecified atom stereocenters. The zero-order chi connectivity index (χ0) is 17.6. The molecule has 0 radical (unpaired) electrons. The Morgan fingerprint density at radius 2 is 1.80 bits per heavy atom. The molecule has 0 aliphatic carbocycles. The number of aliphatic hydroxyl groups excluding tert-OH is 1. The van der Waals surface area contributed by atoms with Gasteiger partial charge in [-0.2, -0.15) is 0 Å². The third-order valence-corrected chi connectivity index (χ3v) is 4.62. The van der Waals surface area contributed by atoms with E-state index in [1.54, 1.807) is 0 Å². The van der Waals surface area contributed by atoms with Gasteiger partial charge in [-0.25, -0.2) is 0 Å². The Kier molecular flexibility index (Phi) is 5.75. The molecule has 3 heteroatoms. The fraction of sp³-hybridized carbons (Fsp3) is 0.364. The van der Waals surface area contributed by atoms with Gasteiger partial charge in [0, 0.05) is 23.5 Å². The van der Waals surface area contributed by atoms with Crippen LogP contribution in [-0.4, -0.2) is 43.8 Å². The topological polar surface area (TPSA) is 26.7 Å². The Balaban J connectivity index is 2.00. The van der Waals surface area contributed by atoms with Gasteiger partial charge in [0.05, 0.1) is 0 Å². The molecule has 1 heterocycles. The van der Waals surface area contributed by atoms with Crippen molar-refractivity contribution in [3.05, 3.63) is 59.2 Å². The van der Waals surface area contributed by atoms with Gasteiger partial charge in [0.15, 0.2) is 0 Å². The second kappa shape index (κ2) is 8.20. The summed E-state index contributed by atoms with van der Waals surface area (Å²) in [4.78, 5) is 4.68. The van der Waals surface area contributed by atoms with Crippen molar-refractivity contribution in [2.45, 2.75) is 19.3 Å². The minimum absolute atomic E-state index is 0.105. The van der Waals surface area contributed by atoms with E-state index in [4.69, 9.17) is 5.11 Å². The molecule has 1 aliphatic rings. The highest BCUT2D eigenvalue weighted by atomic mass is 16.2. The predicted octanol–water partition coefficient (Wildman–Crippen LogP) is 3.22. The lowest BCUT2D eigenvalue weighted by atomic mass is 10.0. The molecule has 0 saturated carbocycles. The van der Waals surface area contributed by atoms with Crippen molar-refractivity contribution in [2.24, 2.45) is 0 Å². The summed E-state index contributed by atoms with van der Waals surface area (Å²) in [5.74, 6) is 5.81. The Morgan fingerprint density at radius 3 is 2.56 bits per heavy atom. The molecule has 1 aliphatic heterocycles. The first-order valence-electron chi connectivity index (χ1n) is 8.92. The highest BCUT2D eigenvalue weighted by molar-refractivity contribution is 5.72. The van der Waals surface area contributed by atoms with Crippen LogP contribution in [0.4, 0.5) is 11.4 Å². The molecule has 3 rings (SSSR count). The Bertz CT molecular complexity index is 786. The van der Waals surface area contributed by atoms with E-state index < -0.39 is 0 Å². The van der Waals surface area contributed by atoms with E-state index in [1.807, 2.05) is 0 Å². The molecule has 25 heavy (non-hydrogen) atoms. The molecule has 2 aromatic rings. The zero-order valence-corrected chi connectivity index (χ0v) is 15.1. The van der Waals surface area contributed by atoms with Crippen LogP contribution in [0.15, 0.2) is 42.5 Å². The maximum Gasteiger partial charge on any atom is 0.104 e. The van der Waals surface area contributed by atoms with Crippen molar-refractivity contribution in [2.75, 3.05) is 38.7 Å². The van der Waals surface area contributed by atoms with Crippen LogP contribution >= 0.6 is 0 Å². The number of benzene rings is 2. The summed E-state index contributed by atoms with van der Waals surface area (Å²) >= 11 is 0. The van der Waals surface area contributed by atoms with Gasteiger partial charge in [0.25, 0.3) is 0 Å². The van der Waals surface area contributed by atoms with Gasteiger partial charge in [0.1, 0.15) is 6.61 Å². The monoisotopic (exact) mass is 334 g/mol. The second-order valence-electron chi connectivity index (χ2n) is 6.74. The molecule has 0 amide bonds. The molecule has 0 saturated heterocycles. The van der Waals surface area contributed by atoms with Crippen LogP contribution < -0.4 is 4.90 Å². The number of anilines is 2. The standard InChI is InChI=1S/C22H26N2O/c1-23(2)14-6-15-24-21-9-4-3-8-19(21)12-13-20-11-10-18(7-5-16-25)17-22(20)24/h3-4,8-11,17,25H,6,12-16H2,1-2H3. The summed E-state index contributed by atoms with van der Waals surface area (Å²) in [7, 11) is 4.24. The van der Waals surface area contributed by atoms with Crippen molar-refractivity contribution in [1.29, 1.82) is 0 Å². The number of hydrogen-bond acceptors (Lipinski definition) is 3. The highest BCUT2D eigenvalue weighted by Crippen LogP contribution is 2.36. The third kappa shape index (κ3) is 4.22. The van der Waals surface area contributed by atoms with Crippen LogP contribution in [0, 0.1) is 11.8 Å². The van der Waals surface area contributed by atoms with Gasteiger partial charge < -0.3 is 14.9 Å². The average Bonchev–Trinajstić information content (AvgIpc) is 2.77. The molecular weight excluding hydrogens is 308 g/mol. The number of fused-ring (bicyclic) bond motifs is 2. The quantitative estimate of drug-likeness (QED) is 0.870. The fourth-order valence-corrected chi connectivity index (χ4v) is 3.42. The van der Waals surface area contributed by atoms with Crippen LogP contribution in [0.5, 0.6) is 0 Å². The Morgan fingerprint density at radius 1 is 1.04 bits per heavy atom. The van der Waals surface area contributed by atoms with Crippen molar-refractivity contribution in [1.82, 2.24) is 4.90 Å². The van der Waals surface area contributed by atoms with Crippen molar-refractivity contribution < 1.29 is 5.11 Å². The fourth-order valence-electron chi connectivity index (χ4n) is 3.42. The van der Waals surface area contributed by atoms with Gasteiger partial charge in [-0.3, -0.25) is 0 Å². The number of aliphatic hydroxyl groups is 1. The van der Waals surface area contributed by atoms with E-state index >= 15 is 0 Å². The molecular formula is C22H26N2O. The Hall–Kier alpha value is -2.28. The Labute approximate surface area is 150 Å². The number of para-hydroxylation sites is 1. The SMILES string of the molecule is CN(C)CCCN1c2ccccc2CCc2ccc(C#CCO)cc21. The van der Waals surface area contributed by atoms with Gasteiger partial charge >= 0.3 is 0 Å². The molecule has 0 aromatic heterocycles. The highest BCUT2D eigenvalue weighted by Gasteiger charge is 2.20. The molecule has 0 fully saturated rings. The summed E-state index contributed by atoms with van der Waals surface area (Å²) in [5.41, 5.74) is 6.31. The first kappa shape index (κ1) is 17.5. The molecule has 130 valence electrons. The summed E-state index contributed by atoms with van der Waals surface area (Å²) in [5, 5.41) is 8.97. The van der Waals surface area contributed by atoms with Crippen LogP contribution in [-0.2, 0) is 12.8 Å². The second-order valence-corrected chi connectivity index (χ2v) is 6.74. The largest absolute Gasteiger partial charge is 0.384 e. The number of aryl methyl sites for hydroxylation is 2. The normalized spacial score (nSPS) is 12.9. The molecule has 3 nitrogen and oxygen atoms in total. The van der Waals surface area contributed by atoms with Crippen molar-refractivity contribution >= 4 is 11.4 Å². The lowest BCUT2D eigenvalue weighted by Gasteiger charge is -2.28. The first-order valence-corrected chi connectivity index (χ1v) is 8.92. The van der Waals surface area contributed by atoms with E-state index in [2.05, 4.69) is 78.2 Å². The van der Waals surface area contributed by atoms with Gasteiger partial charge in [-0.15, -0.1) is 0 Å². The lowest BCUT2D eigenvalue weighted by Crippen LogP contribution is -2.24. The third-order valence-electron chi connectivity index (χ3n) is 4.62. The van der Waals surface area contributed by atoms with Crippen molar-refractivity contribution in [3.63, 3.8) is 0 Å². The predicted molar refractivity (Wildman–Crippen MR) is 104 cm³/mol. The first-order chi connectivity index (χ1) is 12.2. The lowest BCUT2D eigenvalue weighted by molar-refractivity contribution is 0.350. The van der Waals surface area contributed by atoms with E-state index in [0.717, 1.165) is 37.9 Å². The summed E-state index contributed by atoms with van der Waals surface area (Å²) in [6.45, 7) is 1.95. The smallest absolute Gasteiger partial charge is 0.104 e. The molecule has 2 aromatic carbocycles. The van der Waals surface area contributed by atoms with Crippen molar-refractivity contribution in [3.8, 4) is 11.8 Å². The summed E-state index contributed by atoms with van der Waals surface area (Å²) in [6, 6.07) is 15.2. The van der Waals surface area contributed by atoms with Gasteiger partial charge in [-0.1, -0.05) is 36.1 Å². The maximum absolute atomic E-state index is 8.97. The molecule has 0 atom stereocenters. The minimum atomic E-state index is -0.105. The average molecular weight is 334 g/mol. The van der Waals surface area contributed by atoms with Crippen LogP contribution in [0.3, 0.4) is 0 Å². The number of nitrogens with zero attached hydrogens (tertiary/aromatic N) is 2. The molecule has 1 N–H and O–H groups in total. The van der Waals surface area contributed by atoms with Gasteiger partial charge in [0.2, 0.25) is 0 Å². The van der Waals surface area contributed by atoms with Gasteiger partial charge in [-0.05, 0) is 69.2 Å². The van der Waals surface area contributed by atoms with E-state index in [1.165, 1.54) is 22.5 Å². The van der Waals surface area contributed by atoms with Crippen LogP contribution in [0.1, 0.15) is 23.1 Å². The number of rotatable bonds is 4. The van der Waals surface area contributed by atoms with E-state index in [0.29, 0.717) is 0 Å². The van der Waals surface area contributed by atoms with Crippen LogP contribution in [0.2, 0.25) is 0 Å². The van der Waals surface area contributed by atoms with E-state index in [-0.39, 0.29) is 6.61 Å². The zero-order valence-electron chi connectivity index (χ0n) is 15.1. The van der Waals surface area contributed by atoms with E-state index in [9.17, 15) is 0 Å². The van der Waals surface area contributed by atoms with Crippen LogP contribution in [0.25, 0.3) is 0 Å². The summed E-state index contributed by atoms with van der Waals surface area (Å²) < 4.78 is 0. The minimum Gasteiger partial charge on any atom is -0.384 e. The number of hydrogen-bond donors (Lipinski definition) is 1. The molecule has 0 spiro atoms. The molecule has 0 bridgehead atoms. The maximum atomic E-state index is 8.97. The summed E-state index contributed by atoms with van der Waals surface area (Å²) in [6.07, 6.45) is 3.21.